The molecule has 3 heteroatoms. The number of phenols is 1. The van der Waals surface area contributed by atoms with Crippen molar-refractivity contribution in [2.45, 2.75) is 17.6 Å². The van der Waals surface area contributed by atoms with Crippen LogP contribution in [0.1, 0.15) is 11.1 Å². The summed E-state index contributed by atoms with van der Waals surface area (Å²) < 4.78 is 13.6. The topological polar surface area (TPSA) is 20.2 Å². The summed E-state index contributed by atoms with van der Waals surface area (Å²) in [6.45, 7) is 1.76. The molecule has 0 bridgehead atoms. The molecule has 0 amide bonds. The van der Waals surface area contributed by atoms with E-state index in [-0.39, 0.29) is 11.6 Å². The lowest BCUT2D eigenvalue weighted by Crippen LogP contribution is -1.86. The summed E-state index contributed by atoms with van der Waals surface area (Å²) in [7, 11) is 0. The van der Waals surface area contributed by atoms with Gasteiger partial charge in [0.25, 0.3) is 0 Å². The van der Waals surface area contributed by atoms with Gasteiger partial charge in [0.2, 0.25) is 0 Å². The maximum absolute atomic E-state index is 13.6. The van der Waals surface area contributed by atoms with Crippen LogP contribution in [0.25, 0.3) is 0 Å². The number of thioether (sulfide) groups is 1. The van der Waals surface area contributed by atoms with Crippen LogP contribution in [0.3, 0.4) is 0 Å². The molecule has 0 fully saturated rings. The van der Waals surface area contributed by atoms with Gasteiger partial charge in [0.1, 0.15) is 11.6 Å². The molecule has 0 unspecified atom stereocenters. The van der Waals surface area contributed by atoms with Crippen LogP contribution in [-0.2, 0) is 5.75 Å². The second-order valence-corrected chi connectivity index (χ2v) is 4.85. The lowest BCUT2D eigenvalue weighted by atomic mass is 10.2. The van der Waals surface area contributed by atoms with Crippen molar-refractivity contribution >= 4 is 11.8 Å². The van der Waals surface area contributed by atoms with E-state index < -0.39 is 0 Å². The Labute approximate surface area is 104 Å². The molecule has 0 heterocycles. The van der Waals surface area contributed by atoms with Gasteiger partial charge < -0.3 is 5.11 Å². The Bertz CT molecular complexity index is 488. The van der Waals surface area contributed by atoms with Crippen LogP contribution in [0.15, 0.2) is 47.4 Å². The summed E-state index contributed by atoms with van der Waals surface area (Å²) in [5, 5.41) is 9.69. The fourth-order valence-corrected chi connectivity index (χ4v) is 2.49. The Kier molecular flexibility index (Phi) is 3.69. The van der Waals surface area contributed by atoms with E-state index >= 15 is 0 Å². The number of halogens is 1. The zero-order valence-electron chi connectivity index (χ0n) is 9.48. The third kappa shape index (κ3) is 3.01. The van der Waals surface area contributed by atoms with Crippen LogP contribution in [0.4, 0.5) is 4.39 Å². The van der Waals surface area contributed by atoms with E-state index in [1.807, 2.05) is 30.3 Å². The van der Waals surface area contributed by atoms with Gasteiger partial charge in [-0.05, 0) is 30.2 Å². The first-order chi connectivity index (χ1) is 8.16. The molecular formula is C14H13FOS. The number of hydrogen-bond acceptors (Lipinski definition) is 2. The smallest absolute Gasteiger partial charge is 0.140 e. The van der Waals surface area contributed by atoms with E-state index in [1.54, 1.807) is 13.0 Å². The third-order valence-electron chi connectivity index (χ3n) is 2.39. The van der Waals surface area contributed by atoms with Crippen LogP contribution < -0.4 is 0 Å². The molecule has 0 saturated carbocycles. The minimum absolute atomic E-state index is 0.0171. The summed E-state index contributed by atoms with van der Waals surface area (Å²) in [6.07, 6.45) is 0. The molecule has 2 aromatic rings. The average Bonchev–Trinajstić information content (AvgIpc) is 2.29. The summed E-state index contributed by atoms with van der Waals surface area (Å²) in [6, 6.07) is 12.8. The van der Waals surface area contributed by atoms with Crippen molar-refractivity contribution in [3.8, 4) is 5.75 Å². The Morgan fingerprint density at radius 3 is 2.53 bits per heavy atom. The highest BCUT2D eigenvalue weighted by Gasteiger charge is 2.09. The monoisotopic (exact) mass is 248 g/mol. The van der Waals surface area contributed by atoms with Gasteiger partial charge >= 0.3 is 0 Å². The van der Waals surface area contributed by atoms with Crippen molar-refractivity contribution in [3.05, 3.63) is 59.4 Å². The molecule has 0 radical (unpaired) electrons. The Morgan fingerprint density at radius 1 is 1.18 bits per heavy atom. The first-order valence-electron chi connectivity index (χ1n) is 5.32. The number of phenolic OH excluding ortho intramolecular Hbond substituents is 1. The average molecular weight is 248 g/mol. The van der Waals surface area contributed by atoms with Gasteiger partial charge in [-0.2, -0.15) is 0 Å². The van der Waals surface area contributed by atoms with Crippen molar-refractivity contribution in [2.75, 3.05) is 0 Å². The van der Waals surface area contributed by atoms with Crippen molar-refractivity contribution in [2.24, 2.45) is 0 Å². The van der Waals surface area contributed by atoms with Crippen LogP contribution in [-0.4, -0.2) is 5.11 Å². The standard InChI is InChI=1S/C14H13FOS/c1-10-7-12(15)14(13(16)8-10)17-9-11-5-3-2-4-6-11/h2-8,16H,9H2,1H3. The van der Waals surface area contributed by atoms with Gasteiger partial charge in [-0.15, -0.1) is 11.8 Å². The van der Waals surface area contributed by atoms with Crippen LogP contribution in [0.5, 0.6) is 5.75 Å². The number of aryl methyl sites for hydroxylation is 1. The number of hydrogen-bond donors (Lipinski definition) is 1. The van der Waals surface area contributed by atoms with Crippen molar-refractivity contribution < 1.29 is 9.50 Å². The molecular weight excluding hydrogens is 235 g/mol. The zero-order chi connectivity index (χ0) is 12.3. The Balaban J connectivity index is 2.15. The highest BCUT2D eigenvalue weighted by atomic mass is 32.2. The molecule has 1 N–H and O–H groups in total. The summed E-state index contributed by atoms with van der Waals surface area (Å²) in [4.78, 5) is 0.319. The number of aromatic hydroxyl groups is 1. The molecule has 1 nitrogen and oxygen atoms in total. The molecule has 2 rings (SSSR count). The molecule has 0 aliphatic rings. The van der Waals surface area contributed by atoms with E-state index in [2.05, 4.69) is 0 Å². The predicted octanol–water partition coefficient (Wildman–Crippen LogP) is 4.13. The molecule has 17 heavy (non-hydrogen) atoms. The van der Waals surface area contributed by atoms with Gasteiger partial charge in [0.15, 0.2) is 0 Å². The zero-order valence-corrected chi connectivity index (χ0v) is 10.3. The van der Waals surface area contributed by atoms with Crippen molar-refractivity contribution in [1.82, 2.24) is 0 Å². The van der Waals surface area contributed by atoms with E-state index in [9.17, 15) is 9.50 Å². The third-order valence-corrected chi connectivity index (χ3v) is 3.56. The van der Waals surface area contributed by atoms with Crippen LogP contribution >= 0.6 is 11.8 Å². The molecule has 0 aromatic heterocycles. The minimum Gasteiger partial charge on any atom is -0.507 e. The number of benzene rings is 2. The highest BCUT2D eigenvalue weighted by Crippen LogP contribution is 2.34. The summed E-state index contributed by atoms with van der Waals surface area (Å²) in [5.41, 5.74) is 1.83. The molecule has 0 aliphatic carbocycles. The maximum atomic E-state index is 13.6. The van der Waals surface area contributed by atoms with Crippen LogP contribution in [0, 0.1) is 12.7 Å². The van der Waals surface area contributed by atoms with Gasteiger partial charge in [0.05, 0.1) is 4.90 Å². The van der Waals surface area contributed by atoms with Gasteiger partial charge in [-0.3, -0.25) is 0 Å². The fourth-order valence-electron chi connectivity index (χ4n) is 1.58. The quantitative estimate of drug-likeness (QED) is 0.824. The minimum atomic E-state index is -0.358. The lowest BCUT2D eigenvalue weighted by molar-refractivity contribution is 0.449. The van der Waals surface area contributed by atoms with Crippen molar-refractivity contribution in [3.63, 3.8) is 0 Å². The molecule has 0 saturated heterocycles. The SMILES string of the molecule is Cc1cc(O)c(SCc2ccccc2)c(F)c1. The van der Waals surface area contributed by atoms with E-state index in [0.717, 1.165) is 11.1 Å². The fraction of sp³-hybridized carbons (Fsp3) is 0.143. The molecule has 0 spiro atoms. The normalized spacial score (nSPS) is 10.5. The Hall–Kier alpha value is -1.48. The van der Waals surface area contributed by atoms with Crippen LogP contribution in [0.2, 0.25) is 0 Å². The predicted molar refractivity (Wildman–Crippen MR) is 68.8 cm³/mol. The maximum Gasteiger partial charge on any atom is 0.140 e. The lowest BCUT2D eigenvalue weighted by Gasteiger charge is -2.07. The largest absolute Gasteiger partial charge is 0.507 e. The summed E-state index contributed by atoms with van der Waals surface area (Å²) >= 11 is 1.31. The second kappa shape index (κ2) is 5.23. The summed E-state index contributed by atoms with van der Waals surface area (Å²) in [5.74, 6) is 0.306. The van der Waals surface area contributed by atoms with E-state index in [4.69, 9.17) is 0 Å². The van der Waals surface area contributed by atoms with Gasteiger partial charge in [-0.1, -0.05) is 30.3 Å². The Morgan fingerprint density at radius 2 is 1.88 bits per heavy atom. The number of rotatable bonds is 3. The highest BCUT2D eigenvalue weighted by molar-refractivity contribution is 7.98. The first-order valence-corrected chi connectivity index (χ1v) is 6.31. The molecule has 88 valence electrons. The van der Waals surface area contributed by atoms with Gasteiger partial charge in [-0.25, -0.2) is 4.39 Å². The molecule has 0 aliphatic heterocycles. The molecule has 0 atom stereocenters. The van der Waals surface area contributed by atoms with Gasteiger partial charge in [0, 0.05) is 5.75 Å². The second-order valence-electron chi connectivity index (χ2n) is 3.87. The van der Waals surface area contributed by atoms with Crippen molar-refractivity contribution in [1.29, 1.82) is 0 Å². The van der Waals surface area contributed by atoms with E-state index in [1.165, 1.54) is 17.8 Å². The first kappa shape index (κ1) is 12.0. The molecule has 2 aromatic carbocycles. The van der Waals surface area contributed by atoms with E-state index in [0.29, 0.717) is 10.6 Å².